The summed E-state index contributed by atoms with van der Waals surface area (Å²) in [5, 5.41) is 3.98. The topological polar surface area (TPSA) is 125 Å². The minimum Gasteiger partial charge on any atom is -0.366 e. The Morgan fingerprint density at radius 3 is 2.49 bits per heavy atom. The quantitative estimate of drug-likeness (QED) is 0.415. The van der Waals surface area contributed by atoms with Crippen LogP contribution in [0.5, 0.6) is 0 Å². The van der Waals surface area contributed by atoms with E-state index in [1.54, 1.807) is 11.2 Å². The van der Waals surface area contributed by atoms with Crippen LogP contribution in [0.3, 0.4) is 0 Å². The zero-order valence-electron chi connectivity index (χ0n) is 21.1. The van der Waals surface area contributed by atoms with Gasteiger partial charge in [0, 0.05) is 37.1 Å². The molecule has 0 unspecified atom stereocenters. The molecule has 5 rings (SSSR count). The number of piperidine rings is 1. The van der Waals surface area contributed by atoms with Gasteiger partial charge < -0.3 is 16.0 Å². The lowest BCUT2D eigenvalue weighted by molar-refractivity contribution is -0.127. The first-order valence-corrected chi connectivity index (χ1v) is 14.7. The van der Waals surface area contributed by atoms with Crippen LogP contribution in [-0.4, -0.2) is 48.4 Å². The maximum Gasteiger partial charge on any atom is 0.250 e. The van der Waals surface area contributed by atoms with E-state index in [1.807, 2.05) is 36.5 Å². The van der Waals surface area contributed by atoms with Crippen LogP contribution < -0.4 is 11.1 Å². The molecule has 0 atom stereocenters. The fraction of sp³-hybridized carbons (Fsp3) is 0.429. The minimum atomic E-state index is -3.20. The van der Waals surface area contributed by atoms with Gasteiger partial charge in [-0.25, -0.2) is 12.7 Å². The number of carbonyl (C=O) groups excluding carboxylic acids is 2. The molecule has 37 heavy (non-hydrogen) atoms. The van der Waals surface area contributed by atoms with E-state index in [9.17, 15) is 18.0 Å². The lowest BCUT2D eigenvalue weighted by Gasteiger charge is -2.31. The number of aromatic nitrogens is 1. The second-order valence-electron chi connectivity index (χ2n) is 10.2. The van der Waals surface area contributed by atoms with Gasteiger partial charge in [-0.3, -0.25) is 9.59 Å². The molecule has 2 fully saturated rings. The Bertz CT molecular complexity index is 1430. The largest absolute Gasteiger partial charge is 0.366 e. The number of nitrogens with one attached hydrogen (secondary N) is 2. The van der Waals surface area contributed by atoms with E-state index in [2.05, 4.69) is 16.4 Å². The van der Waals surface area contributed by atoms with Gasteiger partial charge in [-0.15, -0.1) is 0 Å². The number of rotatable bonds is 8. The SMILES string of the molecule is CCS(=O)(=O)N1CCC(c2c[nH]c3c(C(N)=O)cc(-c4cccc(CNC(=O)C5CCC5)c4)cc23)CC1. The van der Waals surface area contributed by atoms with E-state index in [-0.39, 0.29) is 23.5 Å². The summed E-state index contributed by atoms with van der Waals surface area (Å²) in [6.07, 6.45) is 6.43. The van der Waals surface area contributed by atoms with Crippen LogP contribution in [0.1, 0.15) is 66.4 Å². The lowest BCUT2D eigenvalue weighted by Crippen LogP contribution is -2.38. The Morgan fingerprint density at radius 2 is 1.84 bits per heavy atom. The molecule has 196 valence electrons. The van der Waals surface area contributed by atoms with Gasteiger partial charge in [0.05, 0.1) is 16.8 Å². The summed E-state index contributed by atoms with van der Waals surface area (Å²) in [6.45, 7) is 3.11. The standard InChI is InChI=1S/C28H34N4O4S/c1-2-37(35,36)32-11-9-19(10-12-32)25-17-30-26-23(25)14-22(15-24(26)27(29)33)21-8-3-5-18(13-21)16-31-28(34)20-6-4-7-20/h3,5,8,13-15,17,19-20,30H,2,4,6-7,9-12,16H2,1H3,(H2,29,33)(H,31,34). The maximum absolute atomic E-state index is 12.4. The van der Waals surface area contributed by atoms with Crippen LogP contribution in [0.15, 0.2) is 42.6 Å². The lowest BCUT2D eigenvalue weighted by atomic mass is 9.85. The number of hydrogen-bond donors (Lipinski definition) is 3. The fourth-order valence-electron chi connectivity index (χ4n) is 5.44. The Kier molecular flexibility index (Phi) is 7.09. The summed E-state index contributed by atoms with van der Waals surface area (Å²) in [5.41, 5.74) is 10.8. The number of carbonyl (C=O) groups is 2. The summed E-state index contributed by atoms with van der Waals surface area (Å²) in [6, 6.07) is 11.9. The molecule has 1 aliphatic carbocycles. The first-order valence-electron chi connectivity index (χ1n) is 13.1. The van der Waals surface area contributed by atoms with Gasteiger partial charge in [-0.1, -0.05) is 24.6 Å². The van der Waals surface area contributed by atoms with Gasteiger partial charge in [0.15, 0.2) is 0 Å². The molecule has 0 spiro atoms. The van der Waals surface area contributed by atoms with Crippen LogP contribution in [-0.2, 0) is 21.4 Å². The van der Waals surface area contributed by atoms with Crippen molar-refractivity contribution < 1.29 is 18.0 Å². The van der Waals surface area contributed by atoms with Crippen molar-refractivity contribution in [3.05, 3.63) is 59.3 Å². The zero-order valence-corrected chi connectivity index (χ0v) is 21.9. The molecular weight excluding hydrogens is 488 g/mol. The third-order valence-electron chi connectivity index (χ3n) is 7.94. The molecule has 0 bridgehead atoms. The number of hydrogen-bond acceptors (Lipinski definition) is 4. The highest BCUT2D eigenvalue weighted by Crippen LogP contribution is 2.37. The zero-order chi connectivity index (χ0) is 26.2. The number of benzene rings is 2. The summed E-state index contributed by atoms with van der Waals surface area (Å²) >= 11 is 0. The maximum atomic E-state index is 12.4. The molecule has 2 aliphatic rings. The van der Waals surface area contributed by atoms with Gasteiger partial charge in [0.1, 0.15) is 0 Å². The number of aromatic amines is 1. The van der Waals surface area contributed by atoms with Crippen LogP contribution in [0.2, 0.25) is 0 Å². The minimum absolute atomic E-state index is 0.111. The highest BCUT2D eigenvalue weighted by Gasteiger charge is 2.29. The van der Waals surface area contributed by atoms with Gasteiger partial charge in [-0.05, 0) is 79.0 Å². The van der Waals surface area contributed by atoms with E-state index < -0.39 is 15.9 Å². The van der Waals surface area contributed by atoms with Crippen molar-refractivity contribution in [2.45, 2.75) is 51.5 Å². The molecule has 1 saturated heterocycles. The molecule has 0 radical (unpaired) electrons. The van der Waals surface area contributed by atoms with Crippen molar-refractivity contribution in [2.24, 2.45) is 11.7 Å². The summed E-state index contributed by atoms with van der Waals surface area (Å²) < 4.78 is 26.2. The van der Waals surface area contributed by atoms with E-state index in [0.717, 1.165) is 59.7 Å². The smallest absolute Gasteiger partial charge is 0.250 e. The molecular formula is C28H34N4O4S. The first-order chi connectivity index (χ1) is 17.8. The van der Waals surface area contributed by atoms with Crippen molar-refractivity contribution in [3.8, 4) is 11.1 Å². The highest BCUT2D eigenvalue weighted by molar-refractivity contribution is 7.89. The number of nitrogens with zero attached hydrogens (tertiary/aromatic N) is 1. The van der Waals surface area contributed by atoms with Crippen LogP contribution in [0, 0.1) is 5.92 Å². The Labute approximate surface area is 217 Å². The molecule has 9 heteroatoms. The summed E-state index contributed by atoms with van der Waals surface area (Å²) in [4.78, 5) is 27.9. The molecule has 2 amide bonds. The Hall–Kier alpha value is -3.17. The van der Waals surface area contributed by atoms with Crippen molar-refractivity contribution in [1.82, 2.24) is 14.6 Å². The monoisotopic (exact) mass is 522 g/mol. The molecule has 8 nitrogen and oxygen atoms in total. The second kappa shape index (κ2) is 10.3. The van der Waals surface area contributed by atoms with Crippen LogP contribution >= 0.6 is 0 Å². The molecule has 3 aromatic rings. The third-order valence-corrected chi connectivity index (χ3v) is 9.82. The van der Waals surface area contributed by atoms with Crippen molar-refractivity contribution >= 4 is 32.7 Å². The molecule has 1 aromatic heterocycles. The van der Waals surface area contributed by atoms with E-state index in [1.165, 1.54) is 0 Å². The van der Waals surface area contributed by atoms with Crippen molar-refractivity contribution in [1.29, 1.82) is 0 Å². The highest BCUT2D eigenvalue weighted by atomic mass is 32.2. The summed E-state index contributed by atoms with van der Waals surface area (Å²) in [5.74, 6) is 0.0435. The molecule has 2 heterocycles. The van der Waals surface area contributed by atoms with Gasteiger partial charge in [-0.2, -0.15) is 0 Å². The van der Waals surface area contributed by atoms with E-state index in [4.69, 9.17) is 5.73 Å². The van der Waals surface area contributed by atoms with E-state index >= 15 is 0 Å². The number of amides is 2. The second-order valence-corrected chi connectivity index (χ2v) is 12.4. The Balaban J connectivity index is 1.43. The van der Waals surface area contributed by atoms with Gasteiger partial charge >= 0.3 is 0 Å². The summed E-state index contributed by atoms with van der Waals surface area (Å²) in [7, 11) is -3.20. The number of fused-ring (bicyclic) bond motifs is 1. The first kappa shape index (κ1) is 25.5. The van der Waals surface area contributed by atoms with Gasteiger partial charge in [0.25, 0.3) is 5.91 Å². The normalized spacial score (nSPS) is 17.5. The van der Waals surface area contributed by atoms with Crippen molar-refractivity contribution in [2.75, 3.05) is 18.8 Å². The number of sulfonamides is 1. The van der Waals surface area contributed by atoms with E-state index in [0.29, 0.717) is 30.7 Å². The molecule has 4 N–H and O–H groups in total. The molecule has 2 aromatic carbocycles. The third kappa shape index (κ3) is 5.15. The molecule has 1 saturated carbocycles. The predicted molar refractivity (Wildman–Crippen MR) is 144 cm³/mol. The predicted octanol–water partition coefficient (Wildman–Crippen LogP) is 3.88. The van der Waals surface area contributed by atoms with Crippen LogP contribution in [0.4, 0.5) is 0 Å². The van der Waals surface area contributed by atoms with Crippen molar-refractivity contribution in [3.63, 3.8) is 0 Å². The average molecular weight is 523 g/mol. The fourth-order valence-corrected chi connectivity index (χ4v) is 6.58. The Morgan fingerprint density at radius 1 is 1.08 bits per heavy atom. The number of primary amides is 1. The number of H-pyrrole nitrogens is 1. The van der Waals surface area contributed by atoms with Crippen LogP contribution in [0.25, 0.3) is 22.0 Å². The number of nitrogens with two attached hydrogens (primary N) is 1. The average Bonchev–Trinajstić information content (AvgIpc) is 3.30. The van der Waals surface area contributed by atoms with Gasteiger partial charge in [0.2, 0.25) is 15.9 Å². The molecule has 1 aliphatic heterocycles.